The second-order valence-corrected chi connectivity index (χ2v) is 7.14. The van der Waals surface area contributed by atoms with Crippen molar-refractivity contribution in [3.63, 3.8) is 0 Å². The molecule has 3 N–H and O–H groups in total. The monoisotopic (exact) mass is 354 g/mol. The number of nitrogens with zero attached hydrogens (tertiary/aromatic N) is 1. The Labute approximate surface area is 156 Å². The van der Waals surface area contributed by atoms with Gasteiger partial charge in [-0.1, -0.05) is 36.4 Å². The van der Waals surface area contributed by atoms with Gasteiger partial charge in [0.25, 0.3) is 0 Å². The van der Waals surface area contributed by atoms with Crippen molar-refractivity contribution in [1.82, 2.24) is 16.0 Å². The normalized spacial score (nSPS) is 13.3. The second-order valence-electron chi connectivity index (χ2n) is 7.14. The molecular weight excluding hydrogens is 324 g/mol. The van der Waals surface area contributed by atoms with Crippen molar-refractivity contribution in [3.8, 4) is 0 Å². The molecule has 5 nitrogen and oxygen atoms in total. The number of nitrogens with one attached hydrogen (secondary N) is 3. The van der Waals surface area contributed by atoms with Crippen LogP contribution in [-0.4, -0.2) is 32.0 Å². The summed E-state index contributed by atoms with van der Waals surface area (Å²) >= 11 is 0. The molecular formula is C21H30N4O. The van der Waals surface area contributed by atoms with E-state index in [1.54, 1.807) is 7.05 Å². The Bertz CT molecular complexity index is 782. The fourth-order valence-corrected chi connectivity index (χ4v) is 2.74. The Kier molecular flexibility index (Phi) is 6.61. The zero-order valence-corrected chi connectivity index (χ0v) is 16.4. The number of amides is 1. The summed E-state index contributed by atoms with van der Waals surface area (Å²) in [5, 5.41) is 12.0. The number of fused-ring (bicyclic) bond motifs is 1. The molecule has 0 saturated heterocycles. The van der Waals surface area contributed by atoms with Gasteiger partial charge in [-0.2, -0.15) is 0 Å². The molecule has 26 heavy (non-hydrogen) atoms. The van der Waals surface area contributed by atoms with E-state index in [2.05, 4.69) is 58.2 Å². The maximum Gasteiger partial charge on any atom is 0.227 e. The van der Waals surface area contributed by atoms with E-state index in [4.69, 9.17) is 0 Å². The van der Waals surface area contributed by atoms with Crippen LogP contribution in [0.2, 0.25) is 0 Å². The highest BCUT2D eigenvalue weighted by molar-refractivity contribution is 5.85. The molecule has 140 valence electrons. The van der Waals surface area contributed by atoms with Crippen LogP contribution in [0.3, 0.4) is 0 Å². The van der Waals surface area contributed by atoms with Crippen LogP contribution in [0.15, 0.2) is 47.5 Å². The molecule has 1 amide bonds. The first kappa shape index (κ1) is 19.8. The molecule has 0 fully saturated rings. The third kappa shape index (κ3) is 4.97. The van der Waals surface area contributed by atoms with E-state index in [1.165, 1.54) is 16.3 Å². The summed E-state index contributed by atoms with van der Waals surface area (Å²) in [6.07, 6.45) is 0. The van der Waals surface area contributed by atoms with Crippen molar-refractivity contribution in [3.05, 3.63) is 48.0 Å². The molecule has 0 spiro atoms. The summed E-state index contributed by atoms with van der Waals surface area (Å²) in [5.74, 6) is 0.716. The molecule has 1 atom stereocenters. The van der Waals surface area contributed by atoms with Gasteiger partial charge >= 0.3 is 0 Å². The summed E-state index contributed by atoms with van der Waals surface area (Å²) in [4.78, 5) is 16.4. The molecule has 0 aliphatic carbocycles. The lowest BCUT2D eigenvalue weighted by Crippen LogP contribution is -2.48. The van der Waals surface area contributed by atoms with Crippen LogP contribution in [0.5, 0.6) is 0 Å². The first-order valence-corrected chi connectivity index (χ1v) is 9.11. The van der Waals surface area contributed by atoms with Crippen LogP contribution in [0.25, 0.3) is 10.8 Å². The number of guanidine groups is 1. The molecule has 0 heterocycles. The molecule has 0 saturated carbocycles. The van der Waals surface area contributed by atoms with Gasteiger partial charge in [-0.25, -0.2) is 0 Å². The van der Waals surface area contributed by atoms with Crippen molar-refractivity contribution < 1.29 is 4.79 Å². The zero-order chi connectivity index (χ0) is 19.2. The van der Waals surface area contributed by atoms with E-state index >= 15 is 0 Å². The summed E-state index contributed by atoms with van der Waals surface area (Å²) in [6.45, 7) is 9.01. The first-order valence-electron chi connectivity index (χ1n) is 9.11. The van der Waals surface area contributed by atoms with E-state index < -0.39 is 5.41 Å². The smallest absolute Gasteiger partial charge is 0.227 e. The van der Waals surface area contributed by atoms with Crippen LogP contribution in [-0.2, 0) is 4.79 Å². The highest BCUT2D eigenvalue weighted by Crippen LogP contribution is 2.20. The van der Waals surface area contributed by atoms with Gasteiger partial charge in [0.1, 0.15) is 0 Å². The summed E-state index contributed by atoms with van der Waals surface area (Å²) in [6, 6.07) is 14.9. The third-order valence-electron chi connectivity index (χ3n) is 4.50. The summed E-state index contributed by atoms with van der Waals surface area (Å²) in [5.41, 5.74) is 0.675. The van der Waals surface area contributed by atoms with Gasteiger partial charge in [-0.3, -0.25) is 9.79 Å². The lowest BCUT2D eigenvalue weighted by Gasteiger charge is -2.26. The van der Waals surface area contributed by atoms with Gasteiger partial charge in [0.05, 0.1) is 11.5 Å². The van der Waals surface area contributed by atoms with Crippen molar-refractivity contribution in [2.45, 2.75) is 33.7 Å². The van der Waals surface area contributed by atoms with Crippen molar-refractivity contribution in [2.75, 3.05) is 20.1 Å². The van der Waals surface area contributed by atoms with E-state index in [0.717, 1.165) is 0 Å². The molecule has 0 aliphatic rings. The van der Waals surface area contributed by atoms with Crippen LogP contribution >= 0.6 is 0 Å². The average molecular weight is 354 g/mol. The predicted octanol–water partition coefficient (Wildman–Crippen LogP) is 3.23. The van der Waals surface area contributed by atoms with Crippen molar-refractivity contribution in [1.29, 1.82) is 0 Å². The molecule has 2 rings (SSSR count). The SMILES string of the molecule is CCNC(=O)C(C)(C)CNC(=NC)NC(C)c1ccc2ccccc2c1. The fourth-order valence-electron chi connectivity index (χ4n) is 2.74. The lowest BCUT2D eigenvalue weighted by molar-refractivity contribution is -0.128. The maximum atomic E-state index is 12.1. The number of aliphatic imine (C=N–C) groups is 1. The maximum absolute atomic E-state index is 12.1. The number of carbonyl (C=O) groups is 1. The molecule has 2 aromatic carbocycles. The fraction of sp³-hybridized carbons (Fsp3) is 0.429. The number of carbonyl (C=O) groups excluding carboxylic acids is 1. The van der Waals surface area contributed by atoms with Crippen LogP contribution in [0.1, 0.15) is 39.3 Å². The van der Waals surface area contributed by atoms with E-state index in [9.17, 15) is 4.79 Å². The Morgan fingerprint density at radius 3 is 2.46 bits per heavy atom. The van der Waals surface area contributed by atoms with E-state index in [1.807, 2.05) is 32.9 Å². The molecule has 0 aliphatic heterocycles. The van der Waals surface area contributed by atoms with Gasteiger partial charge in [-0.15, -0.1) is 0 Å². The Hall–Kier alpha value is -2.56. The van der Waals surface area contributed by atoms with Crippen molar-refractivity contribution >= 4 is 22.6 Å². The molecule has 0 aromatic heterocycles. The van der Waals surface area contributed by atoms with Gasteiger partial charge in [-0.05, 0) is 50.1 Å². The minimum absolute atomic E-state index is 0.0329. The zero-order valence-electron chi connectivity index (χ0n) is 16.4. The number of hydrogen-bond acceptors (Lipinski definition) is 2. The minimum Gasteiger partial charge on any atom is -0.356 e. The van der Waals surface area contributed by atoms with Gasteiger partial charge in [0.2, 0.25) is 5.91 Å². The number of rotatable bonds is 6. The topological polar surface area (TPSA) is 65.5 Å². The van der Waals surface area contributed by atoms with Gasteiger partial charge in [0, 0.05) is 20.1 Å². The van der Waals surface area contributed by atoms with Crippen LogP contribution in [0, 0.1) is 5.41 Å². The minimum atomic E-state index is -0.514. The molecule has 1 unspecified atom stereocenters. The average Bonchev–Trinajstić information content (AvgIpc) is 2.64. The van der Waals surface area contributed by atoms with Crippen molar-refractivity contribution in [2.24, 2.45) is 10.4 Å². The quantitative estimate of drug-likeness (QED) is 0.551. The number of benzene rings is 2. The summed E-state index contributed by atoms with van der Waals surface area (Å²) in [7, 11) is 1.74. The lowest BCUT2D eigenvalue weighted by atomic mass is 9.92. The summed E-state index contributed by atoms with van der Waals surface area (Å²) < 4.78 is 0. The molecule has 0 radical (unpaired) electrons. The highest BCUT2D eigenvalue weighted by atomic mass is 16.2. The van der Waals surface area contributed by atoms with E-state index in [0.29, 0.717) is 19.0 Å². The van der Waals surface area contributed by atoms with Gasteiger partial charge < -0.3 is 16.0 Å². The standard InChI is InChI=1S/C21H30N4O/c1-6-23-19(26)21(3,4)14-24-20(22-5)25-15(2)17-12-11-16-9-7-8-10-18(16)13-17/h7-13,15H,6,14H2,1-5H3,(H,23,26)(H2,22,24,25). The number of hydrogen-bond donors (Lipinski definition) is 3. The molecule has 2 aromatic rings. The van der Waals surface area contributed by atoms with Crippen LogP contribution in [0.4, 0.5) is 0 Å². The molecule has 0 bridgehead atoms. The Morgan fingerprint density at radius 2 is 1.81 bits per heavy atom. The first-order chi connectivity index (χ1) is 12.4. The highest BCUT2D eigenvalue weighted by Gasteiger charge is 2.27. The Balaban J connectivity index is 2.01. The van der Waals surface area contributed by atoms with Gasteiger partial charge in [0.15, 0.2) is 5.96 Å². The molecule has 5 heteroatoms. The predicted molar refractivity (Wildman–Crippen MR) is 109 cm³/mol. The van der Waals surface area contributed by atoms with E-state index in [-0.39, 0.29) is 11.9 Å². The third-order valence-corrected chi connectivity index (χ3v) is 4.50. The van der Waals surface area contributed by atoms with Crippen LogP contribution < -0.4 is 16.0 Å². The Morgan fingerprint density at radius 1 is 1.12 bits per heavy atom. The largest absolute Gasteiger partial charge is 0.356 e. The second kappa shape index (κ2) is 8.70.